The van der Waals surface area contributed by atoms with Gasteiger partial charge in [-0.3, -0.25) is 4.79 Å². The minimum Gasteiger partial charge on any atom is -0.334 e. The summed E-state index contributed by atoms with van der Waals surface area (Å²) in [5.74, 6) is 0.805. The van der Waals surface area contributed by atoms with Gasteiger partial charge in [-0.25, -0.2) is 4.79 Å². The molecule has 0 bridgehead atoms. The summed E-state index contributed by atoms with van der Waals surface area (Å²) < 4.78 is 0. The molecule has 1 aliphatic rings. The van der Waals surface area contributed by atoms with Crippen molar-refractivity contribution in [2.75, 3.05) is 5.75 Å². The van der Waals surface area contributed by atoms with Crippen LogP contribution in [0.4, 0.5) is 4.79 Å². The summed E-state index contributed by atoms with van der Waals surface area (Å²) in [5.41, 5.74) is -0.265. The van der Waals surface area contributed by atoms with Crippen LogP contribution < -0.4 is 10.6 Å². The molecule has 0 saturated carbocycles. The first-order chi connectivity index (χ1) is 6.38. The molecule has 80 valence electrons. The van der Waals surface area contributed by atoms with Gasteiger partial charge >= 0.3 is 6.03 Å². The molecule has 5 heteroatoms. The van der Waals surface area contributed by atoms with Gasteiger partial charge in [0.2, 0.25) is 5.12 Å². The fourth-order valence-electron chi connectivity index (χ4n) is 1.16. The highest BCUT2D eigenvalue weighted by molar-refractivity contribution is 8.14. The van der Waals surface area contributed by atoms with Crippen molar-refractivity contribution in [1.82, 2.24) is 10.6 Å². The first-order valence-corrected chi connectivity index (χ1v) is 5.62. The van der Waals surface area contributed by atoms with Crippen LogP contribution in [-0.2, 0) is 4.79 Å². The van der Waals surface area contributed by atoms with E-state index >= 15 is 0 Å². The van der Waals surface area contributed by atoms with Crippen LogP contribution in [-0.4, -0.2) is 28.5 Å². The van der Waals surface area contributed by atoms with E-state index in [0.717, 1.165) is 12.2 Å². The number of carbonyl (C=O) groups excluding carboxylic acids is 2. The largest absolute Gasteiger partial charge is 0.334 e. The second-order valence-corrected chi connectivity index (χ2v) is 5.46. The van der Waals surface area contributed by atoms with Crippen molar-refractivity contribution in [3.8, 4) is 0 Å². The highest BCUT2D eigenvalue weighted by Gasteiger charge is 2.27. The topological polar surface area (TPSA) is 58.2 Å². The molecular weight excluding hydrogens is 200 g/mol. The Morgan fingerprint density at radius 1 is 1.50 bits per heavy atom. The first-order valence-electron chi connectivity index (χ1n) is 4.64. The number of rotatable bonds is 1. The van der Waals surface area contributed by atoms with Gasteiger partial charge in [-0.2, -0.15) is 0 Å². The SMILES string of the molecule is CC(C)(C)NC(=O)NC1CCSC1=O. The van der Waals surface area contributed by atoms with E-state index in [2.05, 4.69) is 10.6 Å². The molecule has 14 heavy (non-hydrogen) atoms. The second kappa shape index (κ2) is 4.21. The van der Waals surface area contributed by atoms with Crippen molar-refractivity contribution in [1.29, 1.82) is 0 Å². The van der Waals surface area contributed by atoms with E-state index < -0.39 is 0 Å². The van der Waals surface area contributed by atoms with Crippen LogP contribution in [0.5, 0.6) is 0 Å². The Hall–Kier alpha value is -0.710. The highest BCUT2D eigenvalue weighted by atomic mass is 32.2. The normalized spacial score (nSPS) is 22.2. The monoisotopic (exact) mass is 216 g/mol. The summed E-state index contributed by atoms with van der Waals surface area (Å²) in [7, 11) is 0. The molecule has 1 atom stereocenters. The van der Waals surface area contributed by atoms with Crippen LogP contribution in [0, 0.1) is 0 Å². The molecule has 1 aliphatic heterocycles. The lowest BCUT2D eigenvalue weighted by Crippen LogP contribution is -2.50. The van der Waals surface area contributed by atoms with Crippen LogP contribution in [0.2, 0.25) is 0 Å². The maximum absolute atomic E-state index is 11.4. The summed E-state index contributed by atoms with van der Waals surface area (Å²) >= 11 is 1.28. The van der Waals surface area contributed by atoms with E-state index in [0.29, 0.717) is 0 Å². The van der Waals surface area contributed by atoms with E-state index in [4.69, 9.17) is 0 Å². The third kappa shape index (κ3) is 3.57. The van der Waals surface area contributed by atoms with E-state index in [-0.39, 0.29) is 22.7 Å². The Morgan fingerprint density at radius 3 is 2.57 bits per heavy atom. The summed E-state index contributed by atoms with van der Waals surface area (Å²) in [6, 6.07) is -0.569. The van der Waals surface area contributed by atoms with E-state index in [1.165, 1.54) is 11.8 Å². The quantitative estimate of drug-likeness (QED) is 0.690. The molecule has 0 aromatic rings. The van der Waals surface area contributed by atoms with E-state index in [9.17, 15) is 9.59 Å². The van der Waals surface area contributed by atoms with Crippen molar-refractivity contribution in [2.45, 2.75) is 38.8 Å². The Morgan fingerprint density at radius 2 is 2.14 bits per heavy atom. The number of hydrogen-bond donors (Lipinski definition) is 2. The van der Waals surface area contributed by atoms with Crippen LogP contribution in [0.25, 0.3) is 0 Å². The van der Waals surface area contributed by atoms with Crippen molar-refractivity contribution >= 4 is 22.9 Å². The van der Waals surface area contributed by atoms with E-state index in [1.54, 1.807) is 0 Å². The standard InChI is InChI=1S/C9H16N2O2S/c1-9(2,3)11-8(13)10-6-4-5-14-7(6)12/h6H,4-5H2,1-3H3,(H2,10,11,13). The average molecular weight is 216 g/mol. The molecule has 1 heterocycles. The summed E-state index contributed by atoms with van der Waals surface area (Å²) in [6.45, 7) is 5.70. The zero-order valence-corrected chi connectivity index (χ0v) is 9.53. The second-order valence-electron chi connectivity index (χ2n) is 4.36. The van der Waals surface area contributed by atoms with Crippen LogP contribution in [0.15, 0.2) is 0 Å². The summed E-state index contributed by atoms with van der Waals surface area (Å²) in [4.78, 5) is 22.6. The molecule has 1 rings (SSSR count). The molecule has 2 N–H and O–H groups in total. The van der Waals surface area contributed by atoms with Crippen molar-refractivity contribution in [3.63, 3.8) is 0 Å². The lowest BCUT2D eigenvalue weighted by molar-refractivity contribution is -0.112. The molecule has 1 saturated heterocycles. The number of urea groups is 1. The Bertz CT molecular complexity index is 248. The number of thioether (sulfide) groups is 1. The zero-order chi connectivity index (χ0) is 10.8. The van der Waals surface area contributed by atoms with Gasteiger partial charge in [-0.05, 0) is 27.2 Å². The molecule has 0 spiro atoms. The molecular formula is C9H16N2O2S. The van der Waals surface area contributed by atoms with Gasteiger partial charge in [0.15, 0.2) is 0 Å². The predicted octanol–water partition coefficient (Wildman–Crippen LogP) is 1.12. The fraction of sp³-hybridized carbons (Fsp3) is 0.778. The number of carbonyl (C=O) groups is 2. The molecule has 2 amide bonds. The van der Waals surface area contributed by atoms with Crippen molar-refractivity contribution < 1.29 is 9.59 Å². The van der Waals surface area contributed by atoms with Gasteiger partial charge in [-0.1, -0.05) is 11.8 Å². The minimum absolute atomic E-state index is 0.0639. The fourth-order valence-corrected chi connectivity index (χ4v) is 2.09. The lowest BCUT2D eigenvalue weighted by atomic mass is 10.1. The Kier molecular flexibility index (Phi) is 3.42. The lowest BCUT2D eigenvalue weighted by Gasteiger charge is -2.22. The van der Waals surface area contributed by atoms with Gasteiger partial charge in [0.25, 0.3) is 0 Å². The minimum atomic E-state index is -0.303. The number of hydrogen-bond acceptors (Lipinski definition) is 3. The van der Waals surface area contributed by atoms with Gasteiger partial charge in [0.05, 0.1) is 0 Å². The molecule has 1 unspecified atom stereocenters. The van der Waals surface area contributed by atoms with E-state index in [1.807, 2.05) is 20.8 Å². The molecule has 0 aliphatic carbocycles. The van der Waals surface area contributed by atoms with Gasteiger partial charge in [0.1, 0.15) is 6.04 Å². The third-order valence-electron chi connectivity index (χ3n) is 1.73. The van der Waals surface area contributed by atoms with Crippen LogP contribution in [0.3, 0.4) is 0 Å². The smallest absolute Gasteiger partial charge is 0.315 e. The zero-order valence-electron chi connectivity index (χ0n) is 8.72. The van der Waals surface area contributed by atoms with Crippen LogP contribution in [0.1, 0.15) is 27.2 Å². The van der Waals surface area contributed by atoms with Crippen LogP contribution >= 0.6 is 11.8 Å². The van der Waals surface area contributed by atoms with Crippen molar-refractivity contribution in [3.05, 3.63) is 0 Å². The molecule has 0 radical (unpaired) electrons. The van der Waals surface area contributed by atoms with Gasteiger partial charge in [0, 0.05) is 11.3 Å². The molecule has 4 nitrogen and oxygen atoms in total. The summed E-state index contributed by atoms with van der Waals surface area (Å²) in [5, 5.41) is 5.48. The summed E-state index contributed by atoms with van der Waals surface area (Å²) in [6.07, 6.45) is 0.737. The average Bonchev–Trinajstić information content (AvgIpc) is 2.32. The molecule has 0 aromatic heterocycles. The third-order valence-corrected chi connectivity index (χ3v) is 2.74. The number of nitrogens with one attached hydrogen (secondary N) is 2. The maximum Gasteiger partial charge on any atom is 0.315 e. The number of amides is 2. The Balaban J connectivity index is 2.37. The van der Waals surface area contributed by atoms with Gasteiger partial charge < -0.3 is 10.6 Å². The predicted molar refractivity (Wildman–Crippen MR) is 57.3 cm³/mol. The Labute approximate surface area is 88.2 Å². The molecule has 1 fully saturated rings. The van der Waals surface area contributed by atoms with Crippen molar-refractivity contribution in [2.24, 2.45) is 0 Å². The molecule has 0 aromatic carbocycles. The first kappa shape index (κ1) is 11.4. The highest BCUT2D eigenvalue weighted by Crippen LogP contribution is 2.19. The van der Waals surface area contributed by atoms with Gasteiger partial charge in [-0.15, -0.1) is 0 Å². The maximum atomic E-state index is 11.4.